The molecule has 0 radical (unpaired) electrons. The number of nitrogens with one attached hydrogen (secondary N) is 2. The van der Waals surface area contributed by atoms with Gasteiger partial charge in [0.2, 0.25) is 5.91 Å². The third-order valence-electron chi connectivity index (χ3n) is 3.57. The molecule has 0 fully saturated rings. The Kier molecular flexibility index (Phi) is 5.53. The highest BCUT2D eigenvalue weighted by Crippen LogP contribution is 2.19. The number of rotatable bonds is 5. The van der Waals surface area contributed by atoms with Crippen LogP contribution >= 0.6 is 35.4 Å². The van der Waals surface area contributed by atoms with Gasteiger partial charge in [-0.05, 0) is 54.2 Å². The van der Waals surface area contributed by atoms with Crippen molar-refractivity contribution in [2.45, 2.75) is 13.1 Å². The number of carbonyl (C=O) groups is 1. The predicted octanol–water partition coefficient (Wildman–Crippen LogP) is 4.23. The zero-order valence-corrected chi connectivity index (χ0v) is 15.3. The van der Waals surface area contributed by atoms with E-state index < -0.39 is 0 Å². The quantitative estimate of drug-likeness (QED) is 0.638. The molecule has 0 unspecified atom stereocenters. The highest BCUT2D eigenvalue weighted by Gasteiger charge is 2.12. The maximum Gasteiger partial charge on any atom is 0.240 e. The van der Waals surface area contributed by atoms with E-state index in [4.69, 9.17) is 35.4 Å². The van der Waals surface area contributed by atoms with Crippen molar-refractivity contribution < 1.29 is 4.79 Å². The summed E-state index contributed by atoms with van der Waals surface area (Å²) in [6.07, 6.45) is 0. The lowest BCUT2D eigenvalue weighted by Crippen LogP contribution is -2.27. The van der Waals surface area contributed by atoms with Crippen molar-refractivity contribution in [2.75, 3.05) is 0 Å². The number of amides is 1. The van der Waals surface area contributed by atoms with Gasteiger partial charge in [0, 0.05) is 22.2 Å². The Bertz CT molecular complexity index is 933. The van der Waals surface area contributed by atoms with Crippen LogP contribution in [-0.2, 0) is 17.9 Å². The van der Waals surface area contributed by atoms with E-state index in [2.05, 4.69) is 15.5 Å². The molecule has 0 atom stereocenters. The highest BCUT2D eigenvalue weighted by molar-refractivity contribution is 7.71. The Labute approximate surface area is 159 Å². The predicted molar refractivity (Wildman–Crippen MR) is 101 cm³/mol. The van der Waals surface area contributed by atoms with Gasteiger partial charge in [0.05, 0.1) is 0 Å². The second kappa shape index (κ2) is 7.82. The largest absolute Gasteiger partial charge is 0.350 e. The molecule has 25 heavy (non-hydrogen) atoms. The third kappa shape index (κ3) is 4.48. The molecule has 1 amide bonds. The first kappa shape index (κ1) is 17.7. The number of carbonyl (C=O) groups excluding carboxylic acids is 1. The lowest BCUT2D eigenvalue weighted by atomic mass is 10.2. The maximum absolute atomic E-state index is 12.3. The number of hydrogen-bond acceptors (Lipinski definition) is 3. The number of benzene rings is 2. The van der Waals surface area contributed by atoms with E-state index in [1.807, 2.05) is 24.3 Å². The van der Waals surface area contributed by atoms with Crippen molar-refractivity contribution in [2.24, 2.45) is 0 Å². The third-order valence-corrected chi connectivity index (χ3v) is 4.38. The van der Waals surface area contributed by atoms with Crippen LogP contribution in [-0.4, -0.2) is 20.7 Å². The van der Waals surface area contributed by atoms with Crippen molar-refractivity contribution in [3.8, 4) is 11.4 Å². The average Bonchev–Trinajstić information content (AvgIpc) is 2.96. The Hall–Kier alpha value is -2.15. The molecule has 0 saturated carbocycles. The van der Waals surface area contributed by atoms with Crippen LogP contribution in [0.3, 0.4) is 0 Å². The van der Waals surface area contributed by atoms with Gasteiger partial charge in [-0.1, -0.05) is 35.3 Å². The minimum absolute atomic E-state index is 0.0703. The molecule has 0 aliphatic rings. The monoisotopic (exact) mass is 392 g/mol. The van der Waals surface area contributed by atoms with Gasteiger partial charge in [-0.2, -0.15) is 5.10 Å². The summed E-state index contributed by atoms with van der Waals surface area (Å²) < 4.78 is 2.03. The fourth-order valence-electron chi connectivity index (χ4n) is 2.29. The van der Waals surface area contributed by atoms with Gasteiger partial charge >= 0.3 is 0 Å². The van der Waals surface area contributed by atoms with Crippen molar-refractivity contribution in [1.29, 1.82) is 0 Å². The van der Waals surface area contributed by atoms with Gasteiger partial charge in [-0.3, -0.25) is 14.5 Å². The van der Waals surface area contributed by atoms with E-state index in [0.717, 1.165) is 11.1 Å². The van der Waals surface area contributed by atoms with E-state index >= 15 is 0 Å². The van der Waals surface area contributed by atoms with Gasteiger partial charge in [0.1, 0.15) is 6.54 Å². The van der Waals surface area contributed by atoms with Gasteiger partial charge in [0.25, 0.3) is 0 Å². The molecule has 1 heterocycles. The van der Waals surface area contributed by atoms with E-state index in [1.54, 1.807) is 28.8 Å². The van der Waals surface area contributed by atoms with Gasteiger partial charge in [0.15, 0.2) is 10.6 Å². The molecule has 0 bridgehead atoms. The maximum atomic E-state index is 12.3. The number of nitrogens with zero attached hydrogens (tertiary/aromatic N) is 2. The van der Waals surface area contributed by atoms with Crippen LogP contribution in [0.5, 0.6) is 0 Å². The number of aromatic amines is 1. The van der Waals surface area contributed by atoms with Gasteiger partial charge < -0.3 is 5.32 Å². The summed E-state index contributed by atoms with van der Waals surface area (Å²) in [5.41, 5.74) is 1.79. The molecule has 5 nitrogen and oxygen atoms in total. The summed E-state index contributed by atoms with van der Waals surface area (Å²) in [7, 11) is 0. The standard InChI is InChI=1S/C17H14Cl2N4OS/c18-13-5-1-11(2-6-13)9-20-15(24)10-23-16(21-22-17(23)25)12-3-7-14(19)8-4-12/h1-8H,9-10H2,(H,20,24)(H,22,25). The van der Waals surface area contributed by atoms with Crippen LogP contribution < -0.4 is 5.32 Å². The van der Waals surface area contributed by atoms with Crippen LogP contribution in [0.2, 0.25) is 10.0 Å². The summed E-state index contributed by atoms with van der Waals surface area (Å²) in [5, 5.41) is 11.1. The second-order valence-corrected chi connectivity index (χ2v) is 6.61. The number of aromatic nitrogens is 3. The zero-order valence-electron chi connectivity index (χ0n) is 13.0. The first-order valence-corrected chi connectivity index (χ1v) is 8.61. The van der Waals surface area contributed by atoms with Crippen LogP contribution in [0.25, 0.3) is 11.4 Å². The topological polar surface area (TPSA) is 62.7 Å². The fourth-order valence-corrected chi connectivity index (χ4v) is 2.73. The van der Waals surface area contributed by atoms with Crippen molar-refractivity contribution in [1.82, 2.24) is 20.1 Å². The van der Waals surface area contributed by atoms with E-state index in [9.17, 15) is 4.79 Å². The lowest BCUT2D eigenvalue weighted by molar-refractivity contribution is -0.121. The van der Waals surface area contributed by atoms with Crippen LogP contribution in [0.4, 0.5) is 0 Å². The first-order chi connectivity index (χ1) is 12.0. The van der Waals surface area contributed by atoms with Crippen LogP contribution in [0.1, 0.15) is 5.56 Å². The normalized spacial score (nSPS) is 10.6. The lowest BCUT2D eigenvalue weighted by Gasteiger charge is -2.08. The molecule has 3 rings (SSSR count). The fraction of sp³-hybridized carbons (Fsp3) is 0.118. The molecule has 128 valence electrons. The van der Waals surface area contributed by atoms with Gasteiger partial charge in [-0.15, -0.1) is 0 Å². The van der Waals surface area contributed by atoms with Crippen molar-refractivity contribution in [3.63, 3.8) is 0 Å². The Morgan fingerprint density at radius 1 is 1.08 bits per heavy atom. The SMILES string of the molecule is O=C(Cn1c(-c2ccc(Cl)cc2)n[nH]c1=S)NCc1ccc(Cl)cc1. The summed E-state index contributed by atoms with van der Waals surface area (Å²) in [6.45, 7) is 0.484. The minimum atomic E-state index is -0.164. The molecular formula is C17H14Cl2N4OS. The zero-order chi connectivity index (χ0) is 17.8. The minimum Gasteiger partial charge on any atom is -0.350 e. The Morgan fingerprint density at radius 2 is 1.68 bits per heavy atom. The second-order valence-electron chi connectivity index (χ2n) is 5.35. The van der Waals surface area contributed by atoms with E-state index in [1.165, 1.54) is 0 Å². The Morgan fingerprint density at radius 3 is 2.32 bits per heavy atom. The average molecular weight is 393 g/mol. The molecule has 0 saturated heterocycles. The molecule has 0 spiro atoms. The Balaban J connectivity index is 1.71. The molecule has 0 aliphatic heterocycles. The smallest absolute Gasteiger partial charge is 0.240 e. The highest BCUT2D eigenvalue weighted by atomic mass is 35.5. The summed E-state index contributed by atoms with van der Waals surface area (Å²) in [6, 6.07) is 14.5. The summed E-state index contributed by atoms with van der Waals surface area (Å²) in [5.74, 6) is 0.422. The van der Waals surface area contributed by atoms with Crippen molar-refractivity contribution >= 4 is 41.3 Å². The van der Waals surface area contributed by atoms with Crippen LogP contribution in [0.15, 0.2) is 48.5 Å². The number of hydrogen-bond donors (Lipinski definition) is 2. The molecule has 2 N–H and O–H groups in total. The molecule has 2 aromatic carbocycles. The summed E-state index contributed by atoms with van der Waals surface area (Å²) in [4.78, 5) is 12.3. The van der Waals surface area contributed by atoms with Gasteiger partial charge in [-0.25, -0.2) is 0 Å². The molecule has 3 aromatic rings. The first-order valence-electron chi connectivity index (χ1n) is 7.45. The summed E-state index contributed by atoms with van der Waals surface area (Å²) >= 11 is 17.0. The molecule has 1 aromatic heterocycles. The van der Waals surface area contributed by atoms with Crippen molar-refractivity contribution in [3.05, 3.63) is 68.9 Å². The van der Waals surface area contributed by atoms with Crippen LogP contribution in [0, 0.1) is 4.77 Å². The molecule has 8 heteroatoms. The number of halogens is 2. The molecule has 0 aliphatic carbocycles. The van der Waals surface area contributed by atoms with E-state index in [0.29, 0.717) is 27.2 Å². The molecular weight excluding hydrogens is 379 g/mol. The van der Waals surface area contributed by atoms with E-state index in [-0.39, 0.29) is 12.5 Å². The number of H-pyrrole nitrogens is 1.